The summed E-state index contributed by atoms with van der Waals surface area (Å²) in [5, 5.41) is 3.53. The number of carbonyl (C=O) groups is 1. The van der Waals surface area contributed by atoms with Gasteiger partial charge in [-0.15, -0.1) is 0 Å². The smallest absolute Gasteiger partial charge is 0.251 e. The van der Waals surface area contributed by atoms with Crippen LogP contribution in [0.2, 0.25) is 0 Å². The third-order valence-electron chi connectivity index (χ3n) is 7.03. The van der Waals surface area contributed by atoms with Gasteiger partial charge in [0.25, 0.3) is 5.91 Å². The van der Waals surface area contributed by atoms with Crippen molar-refractivity contribution in [3.63, 3.8) is 0 Å². The number of hydrogen-bond donors (Lipinski definition) is 1. The van der Waals surface area contributed by atoms with Gasteiger partial charge in [-0.3, -0.25) is 14.7 Å². The number of benzene rings is 1. The summed E-state index contributed by atoms with van der Waals surface area (Å²) in [6.45, 7) is 10.3. The molecule has 0 saturated carbocycles. The molecule has 1 aromatic carbocycles. The van der Waals surface area contributed by atoms with Crippen molar-refractivity contribution in [1.29, 1.82) is 0 Å². The van der Waals surface area contributed by atoms with Crippen LogP contribution in [0, 0.1) is 5.92 Å². The zero-order valence-corrected chi connectivity index (χ0v) is 19.8. The molecular formula is C25H39N5O2. The first-order chi connectivity index (χ1) is 15.6. The van der Waals surface area contributed by atoms with Crippen LogP contribution in [-0.2, 0) is 22.6 Å². The third kappa shape index (κ3) is 6.01. The molecule has 3 fully saturated rings. The molecule has 0 bridgehead atoms. The third-order valence-corrected chi connectivity index (χ3v) is 7.03. The highest BCUT2D eigenvalue weighted by Crippen LogP contribution is 2.19. The maximum Gasteiger partial charge on any atom is 0.251 e. The maximum atomic E-state index is 12.6. The molecule has 3 heterocycles. The van der Waals surface area contributed by atoms with Gasteiger partial charge in [-0.25, -0.2) is 0 Å². The number of piperazine rings is 1. The highest BCUT2D eigenvalue weighted by molar-refractivity contribution is 5.82. The molecule has 0 aliphatic carbocycles. The predicted octanol–water partition coefficient (Wildman–Crippen LogP) is 2.32. The second-order valence-corrected chi connectivity index (χ2v) is 9.49. The van der Waals surface area contributed by atoms with E-state index in [0.29, 0.717) is 6.61 Å². The normalized spacial score (nSPS) is 23.6. The van der Waals surface area contributed by atoms with Crippen LogP contribution in [-0.4, -0.2) is 85.6 Å². The molecule has 3 aliphatic rings. The predicted molar refractivity (Wildman–Crippen MR) is 127 cm³/mol. The van der Waals surface area contributed by atoms with Gasteiger partial charge in [0.15, 0.2) is 5.96 Å². The Morgan fingerprint density at radius 3 is 2.47 bits per heavy atom. The molecule has 3 saturated heterocycles. The fourth-order valence-corrected chi connectivity index (χ4v) is 4.94. The first-order valence-electron chi connectivity index (χ1n) is 12.3. The molecule has 1 unspecified atom stereocenters. The van der Waals surface area contributed by atoms with Gasteiger partial charge in [0, 0.05) is 52.9 Å². The average Bonchev–Trinajstić information content (AvgIpc) is 3.36. The van der Waals surface area contributed by atoms with E-state index < -0.39 is 0 Å². The topological polar surface area (TPSA) is 60.4 Å². The SMILES string of the molecule is CN=C(NCc1cccc(CN2CCC(C)CC2)c1)N1CCN(C(=O)C2CCCO2)CC1. The number of amides is 1. The lowest BCUT2D eigenvalue weighted by Crippen LogP contribution is -2.55. The molecule has 1 N–H and O–H groups in total. The Kier molecular flexibility index (Phi) is 8.03. The van der Waals surface area contributed by atoms with Crippen molar-refractivity contribution < 1.29 is 9.53 Å². The van der Waals surface area contributed by atoms with Crippen LogP contribution in [0.3, 0.4) is 0 Å². The monoisotopic (exact) mass is 441 g/mol. The molecule has 1 atom stereocenters. The summed E-state index contributed by atoms with van der Waals surface area (Å²) in [5.74, 6) is 1.93. The molecule has 1 amide bonds. The molecule has 7 nitrogen and oxygen atoms in total. The van der Waals surface area contributed by atoms with Gasteiger partial charge in [0.1, 0.15) is 6.10 Å². The number of piperidine rings is 1. The summed E-state index contributed by atoms with van der Waals surface area (Å²) in [6, 6.07) is 8.90. The standard InChI is InChI=1S/C25H39N5O2/c1-20-8-10-28(11-9-20)19-22-6-3-5-21(17-22)18-27-25(26-2)30-14-12-29(13-15-30)24(31)23-7-4-16-32-23/h3,5-6,17,20,23H,4,7-16,18-19H2,1-2H3,(H,26,27). The first-order valence-corrected chi connectivity index (χ1v) is 12.3. The van der Waals surface area contributed by atoms with E-state index in [1.165, 1.54) is 37.1 Å². The van der Waals surface area contributed by atoms with E-state index in [-0.39, 0.29) is 12.0 Å². The van der Waals surface area contributed by atoms with Gasteiger partial charge in [-0.05, 0) is 55.8 Å². The number of aliphatic imine (C=N–C) groups is 1. The summed E-state index contributed by atoms with van der Waals surface area (Å²) < 4.78 is 5.57. The van der Waals surface area contributed by atoms with E-state index in [9.17, 15) is 4.79 Å². The average molecular weight is 442 g/mol. The summed E-state index contributed by atoms with van der Waals surface area (Å²) in [6.07, 6.45) is 4.25. The number of nitrogens with zero attached hydrogens (tertiary/aromatic N) is 4. The van der Waals surface area contributed by atoms with Crippen LogP contribution < -0.4 is 5.32 Å². The van der Waals surface area contributed by atoms with E-state index in [1.807, 2.05) is 11.9 Å². The Morgan fingerprint density at radius 2 is 1.78 bits per heavy atom. The van der Waals surface area contributed by atoms with Gasteiger partial charge in [0.2, 0.25) is 0 Å². The van der Waals surface area contributed by atoms with Crippen LogP contribution in [0.25, 0.3) is 0 Å². The molecule has 7 heteroatoms. The molecule has 3 aliphatic heterocycles. The molecular weight excluding hydrogens is 402 g/mol. The van der Waals surface area contributed by atoms with Gasteiger partial charge in [-0.1, -0.05) is 31.2 Å². The zero-order chi connectivity index (χ0) is 22.3. The first kappa shape index (κ1) is 23.1. The molecule has 1 aromatic rings. The number of nitrogens with one attached hydrogen (secondary N) is 1. The van der Waals surface area contributed by atoms with Crippen molar-refractivity contribution in [3.8, 4) is 0 Å². The van der Waals surface area contributed by atoms with Crippen molar-refractivity contribution in [1.82, 2.24) is 20.0 Å². The quantitative estimate of drug-likeness (QED) is 0.561. The summed E-state index contributed by atoms with van der Waals surface area (Å²) in [5.41, 5.74) is 2.66. The number of hydrogen-bond acceptors (Lipinski definition) is 4. The number of guanidine groups is 1. The lowest BCUT2D eigenvalue weighted by Gasteiger charge is -2.37. The van der Waals surface area contributed by atoms with Crippen LogP contribution in [0.1, 0.15) is 43.7 Å². The Bertz CT molecular complexity index is 776. The number of likely N-dealkylation sites (tertiary alicyclic amines) is 1. The van der Waals surface area contributed by atoms with Gasteiger partial charge >= 0.3 is 0 Å². The second kappa shape index (κ2) is 11.1. The molecule has 0 radical (unpaired) electrons. The summed E-state index contributed by atoms with van der Waals surface area (Å²) in [4.78, 5) is 23.8. The maximum absolute atomic E-state index is 12.6. The number of rotatable bonds is 5. The lowest BCUT2D eigenvalue weighted by atomic mass is 9.98. The van der Waals surface area contributed by atoms with Gasteiger partial charge < -0.3 is 19.9 Å². The van der Waals surface area contributed by atoms with Gasteiger partial charge in [0.05, 0.1) is 0 Å². The highest BCUT2D eigenvalue weighted by atomic mass is 16.5. The Hall–Kier alpha value is -2.12. The van der Waals surface area contributed by atoms with Crippen molar-refractivity contribution in [2.75, 3.05) is 52.9 Å². The van der Waals surface area contributed by atoms with Crippen molar-refractivity contribution in [2.24, 2.45) is 10.9 Å². The second-order valence-electron chi connectivity index (χ2n) is 9.49. The van der Waals surface area contributed by atoms with Crippen LogP contribution >= 0.6 is 0 Å². The molecule has 0 spiro atoms. The molecule has 32 heavy (non-hydrogen) atoms. The molecule has 176 valence electrons. The fourth-order valence-electron chi connectivity index (χ4n) is 4.94. The van der Waals surface area contributed by atoms with E-state index in [0.717, 1.165) is 64.0 Å². The molecule has 4 rings (SSSR count). The zero-order valence-electron chi connectivity index (χ0n) is 19.8. The Labute approximate surface area is 192 Å². The number of ether oxygens (including phenoxy) is 1. The lowest BCUT2D eigenvalue weighted by molar-refractivity contribution is -0.142. The van der Waals surface area contributed by atoms with Crippen molar-refractivity contribution >= 4 is 11.9 Å². The minimum atomic E-state index is -0.223. The van der Waals surface area contributed by atoms with Crippen LogP contribution in [0.5, 0.6) is 0 Å². The Balaban J connectivity index is 1.24. The summed E-state index contributed by atoms with van der Waals surface area (Å²) >= 11 is 0. The van der Waals surface area contributed by atoms with E-state index >= 15 is 0 Å². The largest absolute Gasteiger partial charge is 0.368 e. The van der Waals surface area contributed by atoms with Gasteiger partial charge in [-0.2, -0.15) is 0 Å². The number of carbonyl (C=O) groups excluding carboxylic acids is 1. The fraction of sp³-hybridized carbons (Fsp3) is 0.680. The van der Waals surface area contributed by atoms with Crippen molar-refractivity contribution in [2.45, 2.75) is 51.8 Å². The summed E-state index contributed by atoms with van der Waals surface area (Å²) in [7, 11) is 1.83. The van der Waals surface area contributed by atoms with Crippen LogP contribution in [0.15, 0.2) is 29.3 Å². The van der Waals surface area contributed by atoms with Crippen molar-refractivity contribution in [3.05, 3.63) is 35.4 Å². The molecule has 0 aromatic heterocycles. The van der Waals surface area contributed by atoms with E-state index in [4.69, 9.17) is 4.74 Å². The highest BCUT2D eigenvalue weighted by Gasteiger charge is 2.30. The minimum absolute atomic E-state index is 0.157. The van der Waals surface area contributed by atoms with Crippen LogP contribution in [0.4, 0.5) is 0 Å². The Morgan fingerprint density at radius 1 is 1.06 bits per heavy atom. The van der Waals surface area contributed by atoms with E-state index in [2.05, 4.69) is 51.3 Å². The van der Waals surface area contributed by atoms with E-state index in [1.54, 1.807) is 0 Å². The minimum Gasteiger partial charge on any atom is -0.368 e.